The fraction of sp³-hybridized carbons (Fsp3) is 0.636. The molecule has 0 radical (unpaired) electrons. The van der Waals surface area contributed by atoms with Crippen LogP contribution in [0.3, 0.4) is 0 Å². The number of hydrogen-bond acceptors (Lipinski definition) is 4. The molecule has 1 saturated heterocycles. The third kappa shape index (κ3) is 5.32. The second-order valence-electron chi connectivity index (χ2n) is 7.65. The van der Waals surface area contributed by atoms with Gasteiger partial charge >= 0.3 is 0 Å². The van der Waals surface area contributed by atoms with Gasteiger partial charge in [0.05, 0.1) is 7.11 Å². The minimum Gasteiger partial charge on any atom is -0.497 e. The third-order valence-corrected chi connectivity index (χ3v) is 5.90. The highest BCUT2D eigenvalue weighted by Gasteiger charge is 2.29. The van der Waals surface area contributed by atoms with E-state index in [4.69, 9.17) is 4.74 Å². The van der Waals surface area contributed by atoms with Crippen LogP contribution in [-0.2, 0) is 0 Å². The minimum absolute atomic E-state index is 0.361. The number of rotatable bonds is 8. The van der Waals surface area contributed by atoms with Crippen molar-refractivity contribution in [2.45, 2.75) is 44.7 Å². The summed E-state index contributed by atoms with van der Waals surface area (Å²) in [6.45, 7) is 7.66. The van der Waals surface area contributed by atoms with Gasteiger partial charge in [0.1, 0.15) is 5.75 Å². The van der Waals surface area contributed by atoms with Crippen LogP contribution in [0, 0.1) is 5.92 Å². The Balaban J connectivity index is 1.73. The van der Waals surface area contributed by atoms with E-state index >= 15 is 0 Å². The molecule has 1 saturated carbocycles. The SMILES string of the molecule is C/C=C\C[C@H]1CCC[C@H]1NC(CN1CCNCC1)c1cccc(OC)c1. The fourth-order valence-electron chi connectivity index (χ4n) is 4.37. The molecule has 3 atom stereocenters. The summed E-state index contributed by atoms with van der Waals surface area (Å²) in [4.78, 5) is 2.59. The molecule has 3 rings (SSSR count). The Hall–Kier alpha value is -1.36. The maximum absolute atomic E-state index is 5.48. The highest BCUT2D eigenvalue weighted by atomic mass is 16.5. The van der Waals surface area contributed by atoms with Crippen molar-refractivity contribution >= 4 is 0 Å². The van der Waals surface area contributed by atoms with Gasteiger partial charge in [-0.25, -0.2) is 0 Å². The van der Waals surface area contributed by atoms with E-state index in [2.05, 4.69) is 52.8 Å². The number of ether oxygens (including phenoxy) is 1. The summed E-state index contributed by atoms with van der Waals surface area (Å²) in [6.07, 6.45) is 9.72. The monoisotopic (exact) mass is 357 g/mol. The van der Waals surface area contributed by atoms with Crippen molar-refractivity contribution in [3.63, 3.8) is 0 Å². The van der Waals surface area contributed by atoms with Crippen molar-refractivity contribution in [1.29, 1.82) is 0 Å². The van der Waals surface area contributed by atoms with E-state index in [1.54, 1.807) is 7.11 Å². The molecule has 0 spiro atoms. The van der Waals surface area contributed by atoms with E-state index in [9.17, 15) is 0 Å². The van der Waals surface area contributed by atoms with Gasteiger partial charge in [0, 0.05) is 44.8 Å². The first-order valence-electron chi connectivity index (χ1n) is 10.2. The Morgan fingerprint density at radius 2 is 2.15 bits per heavy atom. The summed E-state index contributed by atoms with van der Waals surface area (Å²) in [6, 6.07) is 9.58. The lowest BCUT2D eigenvalue weighted by atomic mass is 9.96. The smallest absolute Gasteiger partial charge is 0.119 e. The highest BCUT2D eigenvalue weighted by molar-refractivity contribution is 5.31. The van der Waals surface area contributed by atoms with E-state index < -0.39 is 0 Å². The molecule has 1 aliphatic heterocycles. The zero-order chi connectivity index (χ0) is 18.2. The van der Waals surface area contributed by atoms with Crippen molar-refractivity contribution in [2.75, 3.05) is 39.8 Å². The van der Waals surface area contributed by atoms with Crippen molar-refractivity contribution in [3.05, 3.63) is 42.0 Å². The van der Waals surface area contributed by atoms with Crippen LogP contribution in [0.4, 0.5) is 0 Å². The molecule has 144 valence electrons. The fourth-order valence-corrected chi connectivity index (χ4v) is 4.37. The van der Waals surface area contributed by atoms with Crippen LogP contribution < -0.4 is 15.4 Å². The summed E-state index contributed by atoms with van der Waals surface area (Å²) < 4.78 is 5.48. The molecule has 0 amide bonds. The van der Waals surface area contributed by atoms with E-state index in [0.29, 0.717) is 12.1 Å². The molecule has 26 heavy (non-hydrogen) atoms. The van der Waals surface area contributed by atoms with E-state index in [0.717, 1.165) is 44.4 Å². The van der Waals surface area contributed by atoms with E-state index in [-0.39, 0.29) is 0 Å². The molecule has 2 fully saturated rings. The molecule has 4 heteroatoms. The summed E-state index contributed by atoms with van der Waals surface area (Å²) >= 11 is 0. The molecule has 2 aliphatic rings. The molecule has 0 aromatic heterocycles. The van der Waals surface area contributed by atoms with Gasteiger partial charge in [-0.1, -0.05) is 30.7 Å². The molecular weight excluding hydrogens is 322 g/mol. The zero-order valence-electron chi connectivity index (χ0n) is 16.4. The molecule has 1 aliphatic carbocycles. The van der Waals surface area contributed by atoms with Gasteiger partial charge in [-0.15, -0.1) is 0 Å². The minimum atomic E-state index is 0.361. The van der Waals surface area contributed by atoms with Gasteiger partial charge in [-0.3, -0.25) is 4.90 Å². The summed E-state index contributed by atoms with van der Waals surface area (Å²) in [7, 11) is 1.75. The predicted octanol–water partition coefficient (Wildman–Crippen LogP) is 3.37. The molecule has 4 nitrogen and oxygen atoms in total. The van der Waals surface area contributed by atoms with Crippen LogP contribution in [0.5, 0.6) is 5.75 Å². The van der Waals surface area contributed by atoms with Gasteiger partial charge in [-0.2, -0.15) is 0 Å². The largest absolute Gasteiger partial charge is 0.497 e. The second kappa shape index (κ2) is 10.1. The molecular formula is C22H35N3O. The first-order chi connectivity index (χ1) is 12.8. The molecule has 2 N–H and O–H groups in total. The third-order valence-electron chi connectivity index (χ3n) is 5.90. The lowest BCUT2D eigenvalue weighted by Crippen LogP contribution is -2.48. The number of hydrogen-bond donors (Lipinski definition) is 2. The number of piperazine rings is 1. The van der Waals surface area contributed by atoms with Crippen LogP contribution in [0.1, 0.15) is 44.2 Å². The maximum atomic E-state index is 5.48. The van der Waals surface area contributed by atoms with Crippen LogP contribution in [0.15, 0.2) is 36.4 Å². The second-order valence-corrected chi connectivity index (χ2v) is 7.65. The molecule has 1 heterocycles. The van der Waals surface area contributed by atoms with Crippen LogP contribution in [0.2, 0.25) is 0 Å². The standard InChI is InChI=1S/C22H35N3O/c1-3-4-7-18-8-6-11-21(18)24-22(17-25-14-12-23-13-15-25)19-9-5-10-20(16-19)26-2/h3-5,9-10,16,18,21-24H,6-8,11-15,17H2,1-2H3/b4-3-/t18-,21+,22?/m0/s1. The molecule has 0 bridgehead atoms. The summed E-state index contributed by atoms with van der Waals surface area (Å²) in [5, 5.41) is 7.50. The average molecular weight is 358 g/mol. The Kier molecular flexibility index (Phi) is 7.54. The van der Waals surface area contributed by atoms with Gasteiger partial charge in [0.2, 0.25) is 0 Å². The number of nitrogens with zero attached hydrogens (tertiary/aromatic N) is 1. The summed E-state index contributed by atoms with van der Waals surface area (Å²) in [5.41, 5.74) is 1.35. The lowest BCUT2D eigenvalue weighted by molar-refractivity contribution is 0.204. The zero-order valence-corrected chi connectivity index (χ0v) is 16.4. The van der Waals surface area contributed by atoms with Gasteiger partial charge in [0.25, 0.3) is 0 Å². The quantitative estimate of drug-likeness (QED) is 0.700. The molecule has 1 aromatic carbocycles. The first kappa shape index (κ1) is 19.4. The number of methoxy groups -OCH3 is 1. The normalized spacial score (nSPS) is 25.6. The van der Waals surface area contributed by atoms with Gasteiger partial charge in [-0.05, 0) is 49.8 Å². The predicted molar refractivity (Wildman–Crippen MR) is 109 cm³/mol. The molecule has 1 aromatic rings. The van der Waals surface area contributed by atoms with E-state index in [1.165, 1.54) is 31.2 Å². The van der Waals surface area contributed by atoms with Gasteiger partial charge < -0.3 is 15.4 Å². The Labute approximate surface area is 159 Å². The first-order valence-corrected chi connectivity index (χ1v) is 10.2. The van der Waals surface area contributed by atoms with Crippen LogP contribution in [0.25, 0.3) is 0 Å². The summed E-state index contributed by atoms with van der Waals surface area (Å²) in [5.74, 6) is 1.72. The van der Waals surface area contributed by atoms with Gasteiger partial charge in [0.15, 0.2) is 0 Å². The van der Waals surface area contributed by atoms with Crippen molar-refractivity contribution in [3.8, 4) is 5.75 Å². The molecule has 1 unspecified atom stereocenters. The van der Waals surface area contributed by atoms with Crippen LogP contribution in [-0.4, -0.2) is 50.8 Å². The number of nitrogens with one attached hydrogen (secondary N) is 2. The Bertz CT molecular complexity index is 568. The number of allylic oxidation sites excluding steroid dienone is 2. The topological polar surface area (TPSA) is 36.5 Å². The average Bonchev–Trinajstić information content (AvgIpc) is 3.13. The Morgan fingerprint density at radius 3 is 2.92 bits per heavy atom. The van der Waals surface area contributed by atoms with Crippen molar-refractivity contribution in [1.82, 2.24) is 15.5 Å². The highest BCUT2D eigenvalue weighted by Crippen LogP contribution is 2.31. The number of benzene rings is 1. The van der Waals surface area contributed by atoms with E-state index in [1.807, 2.05) is 6.07 Å². The van der Waals surface area contributed by atoms with Crippen molar-refractivity contribution < 1.29 is 4.74 Å². The van der Waals surface area contributed by atoms with Crippen molar-refractivity contribution in [2.24, 2.45) is 5.92 Å². The lowest BCUT2D eigenvalue weighted by Gasteiger charge is -2.34. The van der Waals surface area contributed by atoms with Crippen LogP contribution >= 0.6 is 0 Å². The maximum Gasteiger partial charge on any atom is 0.119 e. The Morgan fingerprint density at radius 1 is 1.31 bits per heavy atom.